The van der Waals surface area contributed by atoms with Gasteiger partial charge in [-0.1, -0.05) is 135 Å². The largest absolute Gasteiger partial charge is 0.456 e. The lowest BCUT2D eigenvalue weighted by Gasteiger charge is -2.36. The van der Waals surface area contributed by atoms with Gasteiger partial charge in [0.1, 0.15) is 16.5 Å². The molecule has 0 N–H and O–H groups in total. The van der Waals surface area contributed by atoms with Crippen molar-refractivity contribution in [3.63, 3.8) is 0 Å². The highest BCUT2D eigenvalue weighted by atomic mass is 35.5. The molecule has 0 aromatic heterocycles. The van der Waals surface area contributed by atoms with Crippen LogP contribution in [0, 0.1) is 0 Å². The maximum Gasteiger partial charge on any atom is 0.148 e. The van der Waals surface area contributed by atoms with Gasteiger partial charge in [0.05, 0.1) is 11.4 Å². The molecule has 0 bridgehead atoms. The highest BCUT2D eigenvalue weighted by Crippen LogP contribution is 2.53. The van der Waals surface area contributed by atoms with E-state index in [9.17, 15) is 0 Å². The molecule has 0 heterocycles. The predicted molar refractivity (Wildman–Crippen MR) is 222 cm³/mol. The smallest absolute Gasteiger partial charge is 0.148 e. The quantitative estimate of drug-likeness (QED) is 0.157. The minimum absolute atomic E-state index is 0.243. The third kappa shape index (κ3) is 5.71. The number of para-hydroxylation sites is 4. The summed E-state index contributed by atoms with van der Waals surface area (Å²) in [6.07, 6.45) is 0. The molecule has 0 amide bonds. The van der Waals surface area contributed by atoms with Gasteiger partial charge in [-0.25, -0.2) is 0 Å². The minimum Gasteiger partial charge on any atom is -0.456 e. The number of halogens is 1. The molecule has 0 fully saturated rings. The molecule has 1 aliphatic carbocycles. The molecule has 8 aromatic carbocycles. The van der Waals surface area contributed by atoms with Gasteiger partial charge in [0.2, 0.25) is 0 Å². The summed E-state index contributed by atoms with van der Waals surface area (Å²) < 4.78 is 6.70. The zero-order chi connectivity index (χ0) is 35.9. The van der Waals surface area contributed by atoms with Gasteiger partial charge in [-0.15, -0.1) is 0 Å². The van der Waals surface area contributed by atoms with Crippen LogP contribution in [0.2, 0.25) is 5.02 Å². The molecule has 0 spiro atoms. The molecule has 4 heteroatoms. The standard InChI is InChI=1S/C49H37ClN2O/c1-49(2)42-31-29-38(53-46-28-16-27-45(48(46)50)52(36-21-11-5-12-22-36)37-23-13-6-14-24-37)33-41(42)39-30-32-44(40-25-15-26-43(49)47(39)40)51(34-17-7-3-8-18-34)35-19-9-4-10-20-35/h3-33H,1-2H3. The number of fused-ring (bicyclic) bond motifs is 2. The molecule has 0 aliphatic heterocycles. The van der Waals surface area contributed by atoms with Crippen molar-refractivity contribution < 1.29 is 4.74 Å². The molecule has 0 saturated carbocycles. The fraction of sp³-hybridized carbons (Fsp3) is 0.0612. The van der Waals surface area contributed by atoms with E-state index in [2.05, 4.69) is 157 Å². The highest BCUT2D eigenvalue weighted by molar-refractivity contribution is 6.35. The Kier molecular flexibility index (Phi) is 8.22. The summed E-state index contributed by atoms with van der Waals surface area (Å²) >= 11 is 7.25. The zero-order valence-corrected chi connectivity index (χ0v) is 30.3. The lowest BCUT2D eigenvalue weighted by Crippen LogP contribution is -2.24. The molecular weight excluding hydrogens is 668 g/mol. The normalized spacial score (nSPS) is 12.6. The SMILES string of the molecule is CC1(C)c2ccc(Oc3cccc(N(c4ccccc4)c4ccccc4)c3Cl)cc2-c2ccc(N(c3ccccc3)c3ccccc3)c3cccc1c23. The number of anilines is 6. The average molecular weight is 705 g/mol. The van der Waals surface area contributed by atoms with E-state index < -0.39 is 0 Å². The van der Waals surface area contributed by atoms with Crippen molar-refractivity contribution in [3.8, 4) is 22.6 Å². The molecule has 8 aromatic rings. The van der Waals surface area contributed by atoms with E-state index in [4.69, 9.17) is 16.3 Å². The third-order valence-corrected chi connectivity index (χ3v) is 10.7. The Balaban J connectivity index is 1.16. The van der Waals surface area contributed by atoms with Gasteiger partial charge >= 0.3 is 0 Å². The van der Waals surface area contributed by atoms with Crippen LogP contribution in [0.3, 0.4) is 0 Å². The second kappa shape index (κ2) is 13.4. The lowest BCUT2D eigenvalue weighted by atomic mass is 9.68. The first-order valence-electron chi connectivity index (χ1n) is 18.0. The van der Waals surface area contributed by atoms with Crippen molar-refractivity contribution in [1.29, 1.82) is 0 Å². The van der Waals surface area contributed by atoms with Gasteiger partial charge in [-0.3, -0.25) is 0 Å². The van der Waals surface area contributed by atoms with Crippen molar-refractivity contribution in [2.75, 3.05) is 9.80 Å². The van der Waals surface area contributed by atoms with Gasteiger partial charge in [-0.2, -0.15) is 0 Å². The van der Waals surface area contributed by atoms with E-state index in [-0.39, 0.29) is 5.41 Å². The maximum atomic E-state index is 7.25. The van der Waals surface area contributed by atoms with Crippen LogP contribution in [0.4, 0.5) is 34.1 Å². The predicted octanol–water partition coefficient (Wildman–Crippen LogP) is 14.5. The number of hydrogen-bond donors (Lipinski definition) is 0. The molecule has 53 heavy (non-hydrogen) atoms. The summed E-state index contributed by atoms with van der Waals surface area (Å²) in [6, 6.07) is 65.5. The van der Waals surface area contributed by atoms with E-state index in [0.717, 1.165) is 45.4 Å². The van der Waals surface area contributed by atoms with Crippen LogP contribution in [-0.2, 0) is 5.41 Å². The first kappa shape index (κ1) is 32.6. The first-order valence-corrected chi connectivity index (χ1v) is 18.3. The van der Waals surface area contributed by atoms with Gasteiger partial charge in [0.15, 0.2) is 0 Å². The van der Waals surface area contributed by atoms with E-state index in [0.29, 0.717) is 10.8 Å². The Morgan fingerprint density at radius 3 is 1.55 bits per heavy atom. The van der Waals surface area contributed by atoms with Crippen LogP contribution in [0.15, 0.2) is 188 Å². The molecule has 256 valence electrons. The average Bonchev–Trinajstić information content (AvgIpc) is 3.20. The molecule has 3 nitrogen and oxygen atoms in total. The van der Waals surface area contributed by atoms with Crippen molar-refractivity contribution in [1.82, 2.24) is 0 Å². The van der Waals surface area contributed by atoms with E-state index in [1.165, 1.54) is 27.5 Å². The molecule has 0 radical (unpaired) electrons. The Labute approximate surface area is 315 Å². The molecule has 0 unspecified atom stereocenters. The lowest BCUT2D eigenvalue weighted by molar-refractivity contribution is 0.482. The summed E-state index contributed by atoms with van der Waals surface area (Å²) in [5.41, 5.74) is 10.9. The summed E-state index contributed by atoms with van der Waals surface area (Å²) in [7, 11) is 0. The Morgan fingerprint density at radius 2 is 0.981 bits per heavy atom. The topological polar surface area (TPSA) is 15.7 Å². The van der Waals surface area contributed by atoms with Crippen molar-refractivity contribution in [2.24, 2.45) is 0 Å². The van der Waals surface area contributed by atoms with Crippen LogP contribution < -0.4 is 14.5 Å². The molecule has 1 aliphatic rings. The molecular formula is C49H37ClN2O. The molecule has 9 rings (SSSR count). The van der Waals surface area contributed by atoms with Gasteiger partial charge < -0.3 is 14.5 Å². The fourth-order valence-electron chi connectivity index (χ4n) is 7.87. The summed E-state index contributed by atoms with van der Waals surface area (Å²) in [5.74, 6) is 1.33. The van der Waals surface area contributed by atoms with Crippen LogP contribution >= 0.6 is 11.6 Å². The van der Waals surface area contributed by atoms with Crippen LogP contribution in [0.1, 0.15) is 25.0 Å². The molecule has 0 atom stereocenters. The number of ether oxygens (including phenoxy) is 1. The van der Waals surface area contributed by atoms with Crippen LogP contribution in [-0.4, -0.2) is 0 Å². The number of rotatable bonds is 8. The Bertz CT molecular complexity index is 2490. The van der Waals surface area contributed by atoms with Crippen LogP contribution in [0.5, 0.6) is 11.5 Å². The molecule has 0 saturated heterocycles. The summed E-state index contributed by atoms with van der Waals surface area (Å²) in [6.45, 7) is 4.65. The van der Waals surface area contributed by atoms with Gasteiger partial charge in [-0.05, 0) is 107 Å². The fourth-order valence-corrected chi connectivity index (χ4v) is 8.12. The first-order chi connectivity index (χ1) is 26.0. The Hall–Kier alpha value is -6.29. The van der Waals surface area contributed by atoms with E-state index in [1.54, 1.807) is 0 Å². The van der Waals surface area contributed by atoms with E-state index >= 15 is 0 Å². The number of nitrogens with zero attached hydrogens (tertiary/aromatic N) is 2. The van der Waals surface area contributed by atoms with E-state index in [1.807, 2.05) is 54.6 Å². The van der Waals surface area contributed by atoms with Crippen molar-refractivity contribution >= 4 is 56.5 Å². The number of hydrogen-bond acceptors (Lipinski definition) is 3. The third-order valence-electron chi connectivity index (χ3n) is 10.4. The second-order valence-corrected chi connectivity index (χ2v) is 14.3. The maximum absolute atomic E-state index is 7.25. The zero-order valence-electron chi connectivity index (χ0n) is 29.6. The minimum atomic E-state index is -0.243. The Morgan fingerprint density at radius 1 is 0.453 bits per heavy atom. The van der Waals surface area contributed by atoms with Crippen molar-refractivity contribution in [2.45, 2.75) is 19.3 Å². The number of benzene rings is 8. The van der Waals surface area contributed by atoms with Gasteiger partial charge in [0, 0.05) is 33.6 Å². The second-order valence-electron chi connectivity index (χ2n) is 13.9. The highest BCUT2D eigenvalue weighted by Gasteiger charge is 2.34. The monoisotopic (exact) mass is 704 g/mol. The summed E-state index contributed by atoms with van der Waals surface area (Å²) in [4.78, 5) is 4.52. The van der Waals surface area contributed by atoms with Crippen molar-refractivity contribution in [3.05, 3.63) is 204 Å². The summed E-state index contributed by atoms with van der Waals surface area (Å²) in [5, 5.41) is 3.01. The van der Waals surface area contributed by atoms with Gasteiger partial charge in [0.25, 0.3) is 0 Å². The van der Waals surface area contributed by atoms with Crippen LogP contribution in [0.25, 0.3) is 21.9 Å².